The van der Waals surface area contributed by atoms with E-state index in [0.717, 1.165) is 27.7 Å². The largest absolute Gasteiger partial charge is 0.384 e. The van der Waals surface area contributed by atoms with E-state index < -0.39 is 0 Å². The summed E-state index contributed by atoms with van der Waals surface area (Å²) in [6.45, 7) is 0. The first-order chi connectivity index (χ1) is 9.81. The normalized spacial score (nSPS) is 10.6. The zero-order valence-electron chi connectivity index (χ0n) is 10.8. The minimum Gasteiger partial charge on any atom is -0.384 e. The van der Waals surface area contributed by atoms with Gasteiger partial charge in [-0.2, -0.15) is 0 Å². The molecule has 3 rings (SSSR count). The van der Waals surface area contributed by atoms with Crippen molar-refractivity contribution in [3.8, 4) is 11.1 Å². The molecule has 0 unspecified atom stereocenters. The summed E-state index contributed by atoms with van der Waals surface area (Å²) < 4.78 is 0. The number of benzene rings is 1. The third-order valence-electron chi connectivity index (χ3n) is 2.84. The zero-order chi connectivity index (χ0) is 13.8. The summed E-state index contributed by atoms with van der Waals surface area (Å²) in [4.78, 5) is 11.6. The number of nitrogens with two attached hydrogens (primary N) is 1. The average molecular weight is 282 g/mol. The topological polar surface area (TPSA) is 67.6 Å². The van der Waals surface area contributed by atoms with Gasteiger partial charge in [-0.15, -0.1) is 0 Å². The Balaban J connectivity index is 1.83. The van der Waals surface area contributed by atoms with E-state index in [1.807, 2.05) is 30.5 Å². The maximum absolute atomic E-state index is 5.90. The van der Waals surface area contributed by atoms with E-state index in [1.165, 1.54) is 0 Å². The van der Waals surface area contributed by atoms with Crippen LogP contribution in [0.4, 0.5) is 5.82 Å². The minimum absolute atomic E-state index is 0.535. The number of aromatic amines is 1. The molecule has 0 fully saturated rings. The fourth-order valence-electron chi connectivity index (χ4n) is 1.92. The van der Waals surface area contributed by atoms with Crippen molar-refractivity contribution in [3.63, 3.8) is 0 Å². The lowest BCUT2D eigenvalue weighted by Gasteiger charge is -2.06. The van der Waals surface area contributed by atoms with E-state index in [4.69, 9.17) is 5.73 Å². The average Bonchev–Trinajstić information content (AvgIpc) is 2.99. The lowest BCUT2D eigenvalue weighted by atomic mass is 10.1. The highest BCUT2D eigenvalue weighted by Crippen LogP contribution is 2.27. The van der Waals surface area contributed by atoms with Gasteiger partial charge >= 0.3 is 0 Å². The monoisotopic (exact) mass is 282 g/mol. The van der Waals surface area contributed by atoms with Crippen molar-refractivity contribution in [2.75, 3.05) is 5.73 Å². The number of nitrogen functional groups attached to an aromatic ring is 1. The van der Waals surface area contributed by atoms with Crippen molar-refractivity contribution >= 4 is 17.6 Å². The highest BCUT2D eigenvalue weighted by molar-refractivity contribution is 7.98. The van der Waals surface area contributed by atoms with E-state index in [9.17, 15) is 0 Å². The van der Waals surface area contributed by atoms with Crippen LogP contribution in [0.3, 0.4) is 0 Å². The highest BCUT2D eigenvalue weighted by atomic mass is 32.2. The first-order valence-corrected chi connectivity index (χ1v) is 7.24. The molecule has 0 aliphatic rings. The number of nitrogens with one attached hydrogen (secondary N) is 1. The van der Waals surface area contributed by atoms with Crippen LogP contribution >= 0.6 is 11.8 Å². The molecular weight excluding hydrogens is 268 g/mol. The number of hydrogen-bond donors (Lipinski definition) is 2. The van der Waals surface area contributed by atoms with Crippen LogP contribution in [0.5, 0.6) is 0 Å². The Labute approximate surface area is 121 Å². The minimum atomic E-state index is 0.535. The lowest BCUT2D eigenvalue weighted by Crippen LogP contribution is -1.93. The summed E-state index contributed by atoms with van der Waals surface area (Å²) in [5.74, 6) is 2.21. The summed E-state index contributed by atoms with van der Waals surface area (Å²) in [7, 11) is 0. The summed E-state index contributed by atoms with van der Waals surface area (Å²) in [5, 5.41) is 0.903. The van der Waals surface area contributed by atoms with Gasteiger partial charge in [0.05, 0.1) is 10.8 Å². The molecule has 5 heteroatoms. The fourth-order valence-corrected chi connectivity index (χ4v) is 2.74. The van der Waals surface area contributed by atoms with Gasteiger partial charge in [-0.3, -0.25) is 0 Å². The lowest BCUT2D eigenvalue weighted by molar-refractivity contribution is 1.10. The number of nitrogens with zero attached hydrogens (tertiary/aromatic N) is 2. The van der Waals surface area contributed by atoms with Crippen LogP contribution in [0.25, 0.3) is 11.1 Å². The number of thioether (sulfide) groups is 1. The van der Waals surface area contributed by atoms with Gasteiger partial charge < -0.3 is 10.7 Å². The molecule has 0 atom stereocenters. The molecule has 3 N–H and O–H groups in total. The molecule has 0 aliphatic heterocycles. The van der Waals surface area contributed by atoms with Crippen molar-refractivity contribution in [2.45, 2.75) is 10.8 Å². The van der Waals surface area contributed by atoms with Gasteiger partial charge in [0, 0.05) is 12.4 Å². The number of H-pyrrole nitrogens is 1. The van der Waals surface area contributed by atoms with Crippen LogP contribution in [0, 0.1) is 0 Å². The van der Waals surface area contributed by atoms with Gasteiger partial charge in [0.2, 0.25) is 0 Å². The molecule has 0 amide bonds. The van der Waals surface area contributed by atoms with Crippen molar-refractivity contribution in [1.29, 1.82) is 0 Å². The number of imidazole rings is 1. The molecule has 3 aromatic rings. The van der Waals surface area contributed by atoms with E-state index in [1.54, 1.807) is 18.0 Å². The summed E-state index contributed by atoms with van der Waals surface area (Å²) >= 11 is 1.62. The van der Waals surface area contributed by atoms with Crippen molar-refractivity contribution in [3.05, 3.63) is 60.7 Å². The van der Waals surface area contributed by atoms with Gasteiger partial charge in [-0.25, -0.2) is 9.97 Å². The Hall–Kier alpha value is -2.27. The highest BCUT2D eigenvalue weighted by Gasteiger charge is 2.05. The predicted molar refractivity (Wildman–Crippen MR) is 82.2 cm³/mol. The first-order valence-electron chi connectivity index (χ1n) is 6.25. The molecular formula is C15H14N4S. The van der Waals surface area contributed by atoms with Crippen LogP contribution < -0.4 is 5.73 Å². The summed E-state index contributed by atoms with van der Waals surface area (Å²) in [6.07, 6.45) is 3.57. The van der Waals surface area contributed by atoms with Crippen LogP contribution in [0.2, 0.25) is 0 Å². The standard InChI is InChI=1S/C15H14N4S/c16-13-8-12(11-4-2-1-3-5-11)9-15(19-13)20-10-14-17-6-7-18-14/h1-9H,10H2,(H2,16,19)(H,17,18). The number of hydrogen-bond acceptors (Lipinski definition) is 4. The Morgan fingerprint density at radius 2 is 1.95 bits per heavy atom. The third kappa shape index (κ3) is 3.00. The van der Waals surface area contributed by atoms with Crippen molar-refractivity contribution < 1.29 is 0 Å². The Kier molecular flexibility index (Phi) is 3.69. The van der Waals surface area contributed by atoms with Crippen molar-refractivity contribution in [1.82, 2.24) is 15.0 Å². The smallest absolute Gasteiger partial charge is 0.125 e. The van der Waals surface area contributed by atoms with Gasteiger partial charge in [0.25, 0.3) is 0 Å². The molecule has 0 aliphatic carbocycles. The second-order valence-corrected chi connectivity index (χ2v) is 5.31. The molecule has 4 nitrogen and oxygen atoms in total. The quantitative estimate of drug-likeness (QED) is 0.720. The van der Waals surface area contributed by atoms with Crippen molar-refractivity contribution in [2.24, 2.45) is 0 Å². The molecule has 2 aromatic heterocycles. The zero-order valence-corrected chi connectivity index (χ0v) is 11.6. The van der Waals surface area contributed by atoms with E-state index in [-0.39, 0.29) is 0 Å². The summed E-state index contributed by atoms with van der Waals surface area (Å²) in [6, 6.07) is 14.1. The van der Waals surface area contributed by atoms with Gasteiger partial charge in [-0.05, 0) is 23.3 Å². The Bertz CT molecular complexity index is 680. The molecule has 20 heavy (non-hydrogen) atoms. The molecule has 0 spiro atoms. The molecule has 1 aromatic carbocycles. The Morgan fingerprint density at radius 1 is 1.10 bits per heavy atom. The van der Waals surface area contributed by atoms with E-state index in [2.05, 4.69) is 33.2 Å². The second-order valence-electron chi connectivity index (χ2n) is 4.31. The SMILES string of the molecule is Nc1cc(-c2ccccc2)cc(SCc2ncc[nH]2)n1. The van der Waals surface area contributed by atoms with Gasteiger partial charge in [-0.1, -0.05) is 42.1 Å². The molecule has 0 bridgehead atoms. The first kappa shape index (κ1) is 12.7. The van der Waals surface area contributed by atoms with E-state index in [0.29, 0.717) is 5.82 Å². The van der Waals surface area contributed by atoms with Crippen LogP contribution in [-0.2, 0) is 5.75 Å². The third-order valence-corrected chi connectivity index (χ3v) is 3.76. The van der Waals surface area contributed by atoms with Crippen LogP contribution in [0.15, 0.2) is 59.9 Å². The molecule has 0 saturated heterocycles. The van der Waals surface area contributed by atoms with Gasteiger partial charge in [0.15, 0.2) is 0 Å². The Morgan fingerprint density at radius 3 is 2.70 bits per heavy atom. The number of rotatable bonds is 4. The maximum Gasteiger partial charge on any atom is 0.125 e. The predicted octanol–water partition coefficient (Wildman–Crippen LogP) is 3.35. The number of aromatic nitrogens is 3. The molecule has 0 saturated carbocycles. The van der Waals surface area contributed by atoms with Crippen LogP contribution in [0.1, 0.15) is 5.82 Å². The van der Waals surface area contributed by atoms with E-state index >= 15 is 0 Å². The van der Waals surface area contributed by atoms with Gasteiger partial charge in [0.1, 0.15) is 11.6 Å². The van der Waals surface area contributed by atoms with Crippen LogP contribution in [-0.4, -0.2) is 15.0 Å². The number of pyridine rings is 1. The molecule has 2 heterocycles. The second kappa shape index (κ2) is 5.79. The molecule has 0 radical (unpaired) electrons. The fraction of sp³-hybridized carbons (Fsp3) is 0.0667. The summed E-state index contributed by atoms with van der Waals surface area (Å²) in [5.41, 5.74) is 8.12. The maximum atomic E-state index is 5.90. The molecule has 100 valence electrons. The number of anilines is 1.